The van der Waals surface area contributed by atoms with E-state index in [-0.39, 0.29) is 0 Å². The van der Waals surface area contributed by atoms with Crippen molar-refractivity contribution in [2.45, 2.75) is 13.0 Å². The van der Waals surface area contributed by atoms with Gasteiger partial charge in [-0.1, -0.05) is 54.6 Å². The lowest BCUT2D eigenvalue weighted by Crippen LogP contribution is -2.16. The second kappa shape index (κ2) is 7.32. The van der Waals surface area contributed by atoms with Gasteiger partial charge in [0.15, 0.2) is 0 Å². The Morgan fingerprint density at radius 2 is 1.60 bits per heavy atom. The van der Waals surface area contributed by atoms with Gasteiger partial charge in [-0.25, -0.2) is 4.68 Å². The van der Waals surface area contributed by atoms with Gasteiger partial charge in [-0.05, 0) is 53.1 Å². The van der Waals surface area contributed by atoms with Crippen molar-refractivity contribution in [3.05, 3.63) is 96.3 Å². The van der Waals surface area contributed by atoms with Crippen LogP contribution in [0.5, 0.6) is 0 Å². The average molecular weight is 327 g/mol. The van der Waals surface area contributed by atoms with Crippen molar-refractivity contribution in [2.75, 3.05) is 6.54 Å². The van der Waals surface area contributed by atoms with E-state index in [1.54, 1.807) is 0 Å². The predicted octanol–water partition coefficient (Wildman–Crippen LogP) is 4.36. The van der Waals surface area contributed by atoms with Crippen molar-refractivity contribution in [2.24, 2.45) is 0 Å². The number of aromatic nitrogens is 2. The molecule has 0 radical (unpaired) electrons. The van der Waals surface area contributed by atoms with Crippen LogP contribution in [0.3, 0.4) is 0 Å². The first kappa shape index (κ1) is 15.6. The zero-order valence-electron chi connectivity index (χ0n) is 14.1. The Hall–Kier alpha value is -2.91. The van der Waals surface area contributed by atoms with Crippen molar-refractivity contribution >= 4 is 10.8 Å². The molecule has 0 aliphatic heterocycles. The van der Waals surface area contributed by atoms with Gasteiger partial charge in [0.1, 0.15) is 0 Å². The van der Waals surface area contributed by atoms with Gasteiger partial charge in [0.25, 0.3) is 0 Å². The van der Waals surface area contributed by atoms with E-state index in [1.807, 2.05) is 29.1 Å². The molecule has 0 saturated heterocycles. The largest absolute Gasteiger partial charge is 0.312 e. The van der Waals surface area contributed by atoms with Gasteiger partial charge in [-0.3, -0.25) is 0 Å². The van der Waals surface area contributed by atoms with Crippen LogP contribution in [0, 0.1) is 0 Å². The topological polar surface area (TPSA) is 29.9 Å². The highest BCUT2D eigenvalue weighted by molar-refractivity contribution is 5.82. The third-order valence-corrected chi connectivity index (χ3v) is 4.39. The summed E-state index contributed by atoms with van der Waals surface area (Å²) in [6.07, 6.45) is 5.03. The highest BCUT2D eigenvalue weighted by Gasteiger charge is 2.01. The van der Waals surface area contributed by atoms with Gasteiger partial charge >= 0.3 is 0 Å². The SMILES string of the molecule is c1ccc(-n2cc(CCNCc3ccc4ccccc4c3)cn2)cc1. The molecule has 0 atom stereocenters. The maximum absolute atomic E-state index is 4.45. The zero-order chi connectivity index (χ0) is 16.9. The average Bonchev–Trinajstić information content (AvgIpc) is 3.15. The van der Waals surface area contributed by atoms with Crippen molar-refractivity contribution in [1.82, 2.24) is 15.1 Å². The molecule has 1 N–H and O–H groups in total. The van der Waals surface area contributed by atoms with Crippen LogP contribution in [0.15, 0.2) is 85.2 Å². The minimum Gasteiger partial charge on any atom is -0.312 e. The molecule has 1 aromatic heterocycles. The number of nitrogens with one attached hydrogen (secondary N) is 1. The van der Waals surface area contributed by atoms with Gasteiger partial charge in [0.2, 0.25) is 0 Å². The summed E-state index contributed by atoms with van der Waals surface area (Å²) in [5.74, 6) is 0. The van der Waals surface area contributed by atoms with Crippen LogP contribution in [-0.2, 0) is 13.0 Å². The quantitative estimate of drug-likeness (QED) is 0.533. The van der Waals surface area contributed by atoms with Crippen LogP contribution in [0.1, 0.15) is 11.1 Å². The van der Waals surface area contributed by atoms with Crippen LogP contribution < -0.4 is 5.32 Å². The number of rotatable bonds is 6. The molecular formula is C22H21N3. The highest BCUT2D eigenvalue weighted by Crippen LogP contribution is 2.15. The number of fused-ring (bicyclic) bond motifs is 1. The molecule has 4 rings (SSSR count). The summed E-state index contributed by atoms with van der Waals surface area (Å²) >= 11 is 0. The van der Waals surface area contributed by atoms with Crippen LogP contribution in [-0.4, -0.2) is 16.3 Å². The van der Waals surface area contributed by atoms with Gasteiger partial charge < -0.3 is 5.32 Å². The molecule has 3 aromatic carbocycles. The maximum Gasteiger partial charge on any atom is 0.0645 e. The van der Waals surface area contributed by atoms with E-state index in [4.69, 9.17) is 0 Å². The molecule has 4 aromatic rings. The summed E-state index contributed by atoms with van der Waals surface area (Å²) in [7, 11) is 0. The number of hydrogen-bond acceptors (Lipinski definition) is 2. The molecule has 0 amide bonds. The fourth-order valence-electron chi connectivity index (χ4n) is 3.03. The molecule has 0 unspecified atom stereocenters. The second-order valence-corrected chi connectivity index (χ2v) is 6.24. The minimum atomic E-state index is 0.887. The standard InChI is InChI=1S/C22H21N3/c1-2-8-22(9-3-1)25-17-19(16-24-25)12-13-23-15-18-10-11-20-6-4-5-7-21(20)14-18/h1-11,14,16-17,23H,12-13,15H2. The summed E-state index contributed by atoms with van der Waals surface area (Å²) < 4.78 is 1.93. The molecule has 124 valence electrons. The molecule has 0 saturated carbocycles. The summed E-state index contributed by atoms with van der Waals surface area (Å²) in [5.41, 5.74) is 3.66. The Kier molecular flexibility index (Phi) is 4.57. The van der Waals surface area contributed by atoms with E-state index in [0.717, 1.165) is 25.2 Å². The summed E-state index contributed by atoms with van der Waals surface area (Å²) in [4.78, 5) is 0. The molecule has 0 aliphatic carbocycles. The van der Waals surface area contributed by atoms with Gasteiger partial charge in [0.05, 0.1) is 11.9 Å². The Morgan fingerprint density at radius 3 is 2.48 bits per heavy atom. The van der Waals surface area contributed by atoms with E-state index >= 15 is 0 Å². The molecule has 3 heteroatoms. The predicted molar refractivity (Wildman–Crippen MR) is 103 cm³/mol. The Morgan fingerprint density at radius 1 is 0.800 bits per heavy atom. The van der Waals surface area contributed by atoms with Crippen LogP contribution in [0.25, 0.3) is 16.5 Å². The van der Waals surface area contributed by atoms with E-state index in [9.17, 15) is 0 Å². The number of para-hydroxylation sites is 1. The molecule has 1 heterocycles. The first-order valence-corrected chi connectivity index (χ1v) is 8.66. The van der Waals surface area contributed by atoms with Crippen LogP contribution in [0.2, 0.25) is 0 Å². The summed E-state index contributed by atoms with van der Waals surface area (Å²) in [6.45, 7) is 1.82. The normalized spacial score (nSPS) is 11.0. The molecule has 0 bridgehead atoms. The number of hydrogen-bond donors (Lipinski definition) is 1. The molecule has 0 fully saturated rings. The van der Waals surface area contributed by atoms with Gasteiger partial charge in [-0.15, -0.1) is 0 Å². The monoisotopic (exact) mass is 327 g/mol. The molecular weight excluding hydrogens is 306 g/mol. The first-order valence-electron chi connectivity index (χ1n) is 8.66. The van der Waals surface area contributed by atoms with E-state index in [1.165, 1.54) is 21.9 Å². The number of benzene rings is 3. The summed E-state index contributed by atoms with van der Waals surface area (Å²) in [5, 5.41) is 10.6. The highest BCUT2D eigenvalue weighted by atomic mass is 15.3. The second-order valence-electron chi connectivity index (χ2n) is 6.24. The first-order chi connectivity index (χ1) is 12.4. The Balaban J connectivity index is 1.31. The Bertz CT molecular complexity index is 957. The van der Waals surface area contributed by atoms with Crippen LogP contribution >= 0.6 is 0 Å². The zero-order valence-corrected chi connectivity index (χ0v) is 14.1. The van der Waals surface area contributed by atoms with Crippen molar-refractivity contribution < 1.29 is 0 Å². The number of nitrogens with zero attached hydrogens (tertiary/aromatic N) is 2. The van der Waals surface area contributed by atoms with Crippen molar-refractivity contribution in [1.29, 1.82) is 0 Å². The Labute approximate surface area is 147 Å². The van der Waals surface area contributed by atoms with Crippen molar-refractivity contribution in [3.63, 3.8) is 0 Å². The lowest BCUT2D eigenvalue weighted by molar-refractivity contribution is 0.687. The van der Waals surface area contributed by atoms with Gasteiger partial charge in [0, 0.05) is 12.7 Å². The van der Waals surface area contributed by atoms with E-state index in [0.29, 0.717) is 0 Å². The van der Waals surface area contributed by atoms with E-state index in [2.05, 4.69) is 71.2 Å². The third-order valence-electron chi connectivity index (χ3n) is 4.39. The molecule has 3 nitrogen and oxygen atoms in total. The maximum atomic E-state index is 4.45. The fourth-order valence-corrected chi connectivity index (χ4v) is 3.03. The van der Waals surface area contributed by atoms with E-state index < -0.39 is 0 Å². The van der Waals surface area contributed by atoms with Crippen LogP contribution in [0.4, 0.5) is 0 Å². The third kappa shape index (κ3) is 3.78. The lowest BCUT2D eigenvalue weighted by atomic mass is 10.1. The fraction of sp³-hybridized carbons (Fsp3) is 0.136. The molecule has 0 aliphatic rings. The van der Waals surface area contributed by atoms with Gasteiger partial charge in [-0.2, -0.15) is 5.10 Å². The van der Waals surface area contributed by atoms with Crippen molar-refractivity contribution in [3.8, 4) is 5.69 Å². The summed E-state index contributed by atoms with van der Waals surface area (Å²) in [6, 6.07) is 25.3. The molecule has 0 spiro atoms. The minimum absolute atomic E-state index is 0.887. The smallest absolute Gasteiger partial charge is 0.0645 e. The molecule has 25 heavy (non-hydrogen) atoms. The lowest BCUT2D eigenvalue weighted by Gasteiger charge is -2.06.